The average molecular weight is 357 g/mol. The van der Waals surface area contributed by atoms with Gasteiger partial charge in [-0.2, -0.15) is 0 Å². The van der Waals surface area contributed by atoms with E-state index in [2.05, 4.69) is 15.5 Å². The third-order valence-electron chi connectivity index (χ3n) is 4.86. The molecule has 2 amide bonds. The van der Waals surface area contributed by atoms with Crippen LogP contribution in [0.15, 0.2) is 41.6 Å². The van der Waals surface area contributed by atoms with E-state index in [4.69, 9.17) is 4.74 Å². The number of hydrogen-bond acceptors (Lipinski definition) is 4. The summed E-state index contributed by atoms with van der Waals surface area (Å²) in [6.45, 7) is 4.62. The summed E-state index contributed by atoms with van der Waals surface area (Å²) in [7, 11) is 0. The van der Waals surface area contributed by atoms with Crippen LogP contribution >= 0.6 is 0 Å². The fourth-order valence-electron chi connectivity index (χ4n) is 3.61. The second-order valence-electron chi connectivity index (χ2n) is 6.75. The number of hydrogen-bond donors (Lipinski definition) is 2. The van der Waals surface area contributed by atoms with Gasteiger partial charge in [-0.05, 0) is 38.4 Å². The molecule has 2 N–H and O–H groups in total. The van der Waals surface area contributed by atoms with Crippen molar-refractivity contribution in [1.82, 2.24) is 15.5 Å². The maximum absolute atomic E-state index is 12.7. The highest BCUT2D eigenvalue weighted by molar-refractivity contribution is 5.95. The van der Waals surface area contributed by atoms with E-state index in [1.165, 1.54) is 12.8 Å². The highest BCUT2D eigenvalue weighted by atomic mass is 16.5. The Bertz CT molecular complexity index is 664. The molecule has 2 aliphatic rings. The number of amides is 2. The summed E-state index contributed by atoms with van der Waals surface area (Å²) in [5.74, 6) is -0.376. The van der Waals surface area contributed by atoms with Gasteiger partial charge in [0.2, 0.25) is 0 Å². The van der Waals surface area contributed by atoms with E-state index in [1.54, 1.807) is 6.92 Å². The summed E-state index contributed by atoms with van der Waals surface area (Å²) in [4.78, 5) is 27.3. The van der Waals surface area contributed by atoms with Crippen molar-refractivity contribution in [1.29, 1.82) is 0 Å². The molecule has 0 bridgehead atoms. The third-order valence-corrected chi connectivity index (χ3v) is 4.86. The molecule has 0 saturated carbocycles. The van der Waals surface area contributed by atoms with Crippen molar-refractivity contribution in [3.63, 3.8) is 0 Å². The second kappa shape index (κ2) is 8.85. The molecule has 1 aromatic carbocycles. The van der Waals surface area contributed by atoms with Crippen molar-refractivity contribution in [2.24, 2.45) is 0 Å². The minimum atomic E-state index is -0.494. The lowest BCUT2D eigenvalue weighted by Gasteiger charge is -2.31. The summed E-state index contributed by atoms with van der Waals surface area (Å²) in [6, 6.07) is 8.78. The van der Waals surface area contributed by atoms with E-state index < -0.39 is 6.04 Å². The zero-order chi connectivity index (χ0) is 18.4. The second-order valence-corrected chi connectivity index (χ2v) is 6.75. The van der Waals surface area contributed by atoms with Crippen LogP contribution in [0.25, 0.3) is 0 Å². The predicted octanol–water partition coefficient (Wildman–Crippen LogP) is 2.73. The van der Waals surface area contributed by atoms with Crippen LogP contribution in [-0.2, 0) is 9.53 Å². The Hall–Kier alpha value is -2.34. The van der Waals surface area contributed by atoms with Crippen LogP contribution in [0.3, 0.4) is 0 Å². The van der Waals surface area contributed by atoms with Crippen LogP contribution in [-0.4, -0.2) is 43.1 Å². The van der Waals surface area contributed by atoms with Gasteiger partial charge in [0, 0.05) is 12.2 Å². The van der Waals surface area contributed by atoms with Gasteiger partial charge in [-0.3, -0.25) is 4.90 Å². The number of nitrogens with zero attached hydrogens (tertiary/aromatic N) is 1. The highest BCUT2D eigenvalue weighted by Crippen LogP contribution is 2.28. The van der Waals surface area contributed by atoms with Crippen molar-refractivity contribution < 1.29 is 14.3 Å². The molecule has 0 aromatic heterocycles. The number of esters is 1. The van der Waals surface area contributed by atoms with E-state index in [1.807, 2.05) is 30.3 Å². The van der Waals surface area contributed by atoms with Gasteiger partial charge in [-0.1, -0.05) is 43.2 Å². The molecule has 1 aromatic rings. The van der Waals surface area contributed by atoms with Crippen molar-refractivity contribution >= 4 is 12.0 Å². The fraction of sp³-hybridized carbons (Fsp3) is 0.500. The molecule has 0 radical (unpaired) electrons. The van der Waals surface area contributed by atoms with Crippen LogP contribution in [0.5, 0.6) is 0 Å². The molecule has 1 atom stereocenters. The van der Waals surface area contributed by atoms with Gasteiger partial charge in [0.25, 0.3) is 0 Å². The minimum Gasteiger partial charge on any atom is -0.463 e. The Morgan fingerprint density at radius 3 is 2.50 bits per heavy atom. The molecule has 2 aliphatic heterocycles. The smallest absolute Gasteiger partial charge is 0.338 e. The molecule has 26 heavy (non-hydrogen) atoms. The van der Waals surface area contributed by atoms with Gasteiger partial charge >= 0.3 is 12.0 Å². The summed E-state index contributed by atoms with van der Waals surface area (Å²) in [5.41, 5.74) is 2.03. The monoisotopic (exact) mass is 357 g/mol. The summed E-state index contributed by atoms with van der Waals surface area (Å²) in [5, 5.41) is 5.73. The first-order valence-corrected chi connectivity index (χ1v) is 9.44. The lowest BCUT2D eigenvalue weighted by Crippen LogP contribution is -2.48. The third kappa shape index (κ3) is 4.43. The molecule has 1 saturated heterocycles. The molecule has 140 valence electrons. The number of ether oxygens (including phenoxy) is 1. The van der Waals surface area contributed by atoms with E-state index in [0.717, 1.165) is 31.5 Å². The van der Waals surface area contributed by atoms with Crippen LogP contribution < -0.4 is 10.6 Å². The number of rotatable bonds is 5. The Labute approximate surface area is 154 Å². The first kappa shape index (κ1) is 18.5. The van der Waals surface area contributed by atoms with Gasteiger partial charge in [0.1, 0.15) is 0 Å². The van der Waals surface area contributed by atoms with Gasteiger partial charge < -0.3 is 15.4 Å². The lowest BCUT2D eigenvalue weighted by atomic mass is 9.95. The van der Waals surface area contributed by atoms with Gasteiger partial charge in [-0.15, -0.1) is 0 Å². The quantitative estimate of drug-likeness (QED) is 0.795. The number of nitrogens with one attached hydrogen (secondary N) is 2. The number of carbonyl (C=O) groups is 2. The molecule has 6 nitrogen and oxygen atoms in total. The number of benzene rings is 1. The fourth-order valence-corrected chi connectivity index (χ4v) is 3.61. The molecular weight excluding hydrogens is 330 g/mol. The Morgan fingerprint density at radius 2 is 1.85 bits per heavy atom. The average Bonchev–Trinajstić information content (AvgIpc) is 2.91. The Kier molecular flexibility index (Phi) is 6.28. The number of likely N-dealkylation sites (tertiary alicyclic amines) is 1. The van der Waals surface area contributed by atoms with Crippen molar-refractivity contribution in [3.8, 4) is 0 Å². The molecule has 0 aliphatic carbocycles. The standard InChI is InChI=1S/C20H27N3O3/c1-2-26-19(24)17-16(14-23-12-8-3-4-9-13-23)21-20(25)22-18(17)15-10-6-5-7-11-15/h5-7,10-11,18H,2-4,8-9,12-14H2,1H3,(H2,21,22,25). The number of carbonyl (C=O) groups excluding carboxylic acids is 2. The normalized spacial score (nSPS) is 21.6. The highest BCUT2D eigenvalue weighted by Gasteiger charge is 2.34. The SMILES string of the molecule is CCOC(=O)C1=C(CN2CCCCCC2)NC(=O)NC1c1ccccc1. The van der Waals surface area contributed by atoms with Crippen LogP contribution in [0.2, 0.25) is 0 Å². The molecule has 1 fully saturated rings. The maximum Gasteiger partial charge on any atom is 0.338 e. The molecule has 0 spiro atoms. The summed E-state index contributed by atoms with van der Waals surface area (Å²) in [6.07, 6.45) is 4.77. The predicted molar refractivity (Wildman–Crippen MR) is 99.4 cm³/mol. The largest absolute Gasteiger partial charge is 0.463 e. The molecule has 3 rings (SSSR count). The van der Waals surface area contributed by atoms with Gasteiger partial charge in [0.05, 0.1) is 18.2 Å². The minimum absolute atomic E-state index is 0.281. The van der Waals surface area contributed by atoms with Crippen molar-refractivity contribution in [3.05, 3.63) is 47.2 Å². The first-order valence-electron chi connectivity index (χ1n) is 9.44. The lowest BCUT2D eigenvalue weighted by molar-refractivity contribution is -0.139. The van der Waals surface area contributed by atoms with Crippen molar-refractivity contribution in [2.45, 2.75) is 38.6 Å². The maximum atomic E-state index is 12.7. The van der Waals surface area contributed by atoms with E-state index >= 15 is 0 Å². The first-order chi connectivity index (χ1) is 12.7. The Morgan fingerprint density at radius 1 is 1.15 bits per heavy atom. The molecule has 6 heteroatoms. The molecular formula is C20H27N3O3. The van der Waals surface area contributed by atoms with Crippen LogP contribution in [0.4, 0.5) is 4.79 Å². The Balaban J connectivity index is 1.95. The van der Waals surface area contributed by atoms with Gasteiger partial charge in [0.15, 0.2) is 0 Å². The summed E-state index contributed by atoms with van der Waals surface area (Å²) < 4.78 is 5.31. The topological polar surface area (TPSA) is 70.7 Å². The molecule has 2 heterocycles. The van der Waals surface area contributed by atoms with E-state index in [0.29, 0.717) is 24.4 Å². The zero-order valence-corrected chi connectivity index (χ0v) is 15.3. The zero-order valence-electron chi connectivity index (χ0n) is 15.3. The van der Waals surface area contributed by atoms with E-state index in [-0.39, 0.29) is 12.0 Å². The van der Waals surface area contributed by atoms with Crippen LogP contribution in [0, 0.1) is 0 Å². The van der Waals surface area contributed by atoms with Crippen molar-refractivity contribution in [2.75, 3.05) is 26.2 Å². The van der Waals surface area contributed by atoms with Crippen LogP contribution in [0.1, 0.15) is 44.2 Å². The number of urea groups is 1. The van der Waals surface area contributed by atoms with Gasteiger partial charge in [-0.25, -0.2) is 9.59 Å². The molecule has 1 unspecified atom stereocenters. The van der Waals surface area contributed by atoms with E-state index in [9.17, 15) is 9.59 Å². The summed E-state index contributed by atoms with van der Waals surface area (Å²) >= 11 is 0.